The molecule has 0 fully saturated rings. The minimum Gasteiger partial charge on any atom is -0.493 e. The molecule has 0 atom stereocenters. The molecule has 0 radical (unpaired) electrons. The van der Waals surface area contributed by atoms with Gasteiger partial charge in [0.2, 0.25) is 0 Å². The summed E-state index contributed by atoms with van der Waals surface area (Å²) in [6, 6.07) is 12.5. The van der Waals surface area contributed by atoms with E-state index in [1.807, 2.05) is 12.1 Å². The first-order valence-electron chi connectivity index (χ1n) is 7.64. The second-order valence-corrected chi connectivity index (χ2v) is 5.37. The third kappa shape index (κ3) is 3.48. The van der Waals surface area contributed by atoms with Gasteiger partial charge in [-0.3, -0.25) is 9.59 Å². The van der Waals surface area contributed by atoms with Gasteiger partial charge in [0.25, 0.3) is 11.8 Å². The number of hydrogen-bond donors (Lipinski definition) is 2. The summed E-state index contributed by atoms with van der Waals surface area (Å²) in [6.07, 6.45) is 0.798. The maximum atomic E-state index is 12.1. The van der Waals surface area contributed by atoms with Crippen LogP contribution in [0.1, 0.15) is 15.9 Å². The van der Waals surface area contributed by atoms with Crippen molar-refractivity contribution in [1.82, 2.24) is 5.32 Å². The number of anilines is 1. The lowest BCUT2D eigenvalue weighted by Crippen LogP contribution is -2.32. The molecule has 0 saturated carbocycles. The Morgan fingerprint density at radius 3 is 2.79 bits per heavy atom. The SMILES string of the molecule is COc1ccccc1OCC(=O)Nc1ccc2c(c1)C(=O)NCC2. The van der Waals surface area contributed by atoms with E-state index in [-0.39, 0.29) is 18.4 Å². The van der Waals surface area contributed by atoms with E-state index in [0.29, 0.717) is 29.3 Å². The van der Waals surface area contributed by atoms with Gasteiger partial charge in [0, 0.05) is 17.8 Å². The standard InChI is InChI=1S/C18H18N2O4/c1-23-15-4-2-3-5-16(15)24-11-17(21)20-13-7-6-12-8-9-19-18(22)14(12)10-13/h2-7,10H,8-9,11H2,1H3,(H,19,22)(H,20,21). The van der Waals surface area contributed by atoms with Crippen LogP contribution in [0.15, 0.2) is 42.5 Å². The second kappa shape index (κ2) is 7.04. The van der Waals surface area contributed by atoms with Crippen LogP contribution in [-0.2, 0) is 11.2 Å². The molecule has 2 N–H and O–H groups in total. The smallest absolute Gasteiger partial charge is 0.262 e. The van der Waals surface area contributed by atoms with Crippen molar-refractivity contribution in [3.05, 3.63) is 53.6 Å². The quantitative estimate of drug-likeness (QED) is 0.881. The van der Waals surface area contributed by atoms with Crippen molar-refractivity contribution in [3.63, 3.8) is 0 Å². The Morgan fingerprint density at radius 2 is 2.00 bits per heavy atom. The van der Waals surface area contributed by atoms with Gasteiger partial charge in [-0.1, -0.05) is 18.2 Å². The average molecular weight is 326 g/mol. The fraction of sp³-hybridized carbons (Fsp3) is 0.222. The Bertz CT molecular complexity index is 773. The van der Waals surface area contributed by atoms with Gasteiger partial charge in [-0.05, 0) is 36.2 Å². The van der Waals surface area contributed by atoms with Gasteiger partial charge >= 0.3 is 0 Å². The number of para-hydroxylation sites is 2. The lowest BCUT2D eigenvalue weighted by Gasteiger charge is -2.17. The van der Waals surface area contributed by atoms with Crippen LogP contribution in [0.4, 0.5) is 5.69 Å². The van der Waals surface area contributed by atoms with Gasteiger partial charge in [0.1, 0.15) is 0 Å². The summed E-state index contributed by atoms with van der Waals surface area (Å²) in [6.45, 7) is 0.494. The Morgan fingerprint density at radius 1 is 1.21 bits per heavy atom. The summed E-state index contributed by atoms with van der Waals surface area (Å²) < 4.78 is 10.6. The Balaban J connectivity index is 1.63. The van der Waals surface area contributed by atoms with Gasteiger partial charge in [-0.25, -0.2) is 0 Å². The molecule has 0 aromatic heterocycles. The summed E-state index contributed by atoms with van der Waals surface area (Å²) in [7, 11) is 1.54. The van der Waals surface area contributed by atoms with Crippen molar-refractivity contribution >= 4 is 17.5 Å². The Hall–Kier alpha value is -3.02. The molecule has 24 heavy (non-hydrogen) atoms. The number of nitrogens with one attached hydrogen (secondary N) is 2. The van der Waals surface area contributed by atoms with Crippen LogP contribution in [0.5, 0.6) is 11.5 Å². The number of carbonyl (C=O) groups is 2. The zero-order chi connectivity index (χ0) is 16.9. The largest absolute Gasteiger partial charge is 0.493 e. The van der Waals surface area contributed by atoms with Crippen LogP contribution in [0.25, 0.3) is 0 Å². The highest BCUT2D eigenvalue weighted by molar-refractivity contribution is 5.99. The highest BCUT2D eigenvalue weighted by Crippen LogP contribution is 2.25. The first-order valence-corrected chi connectivity index (χ1v) is 7.64. The summed E-state index contributed by atoms with van der Waals surface area (Å²) in [5.74, 6) is 0.644. The predicted molar refractivity (Wildman–Crippen MR) is 89.6 cm³/mol. The molecule has 0 aliphatic carbocycles. The summed E-state index contributed by atoms with van der Waals surface area (Å²) in [5.41, 5.74) is 2.16. The van der Waals surface area contributed by atoms with Crippen LogP contribution < -0.4 is 20.1 Å². The molecule has 0 bridgehead atoms. The van der Waals surface area contributed by atoms with Gasteiger partial charge in [-0.15, -0.1) is 0 Å². The lowest BCUT2D eigenvalue weighted by atomic mass is 10.00. The number of benzene rings is 2. The molecule has 6 nitrogen and oxygen atoms in total. The summed E-state index contributed by atoms with van der Waals surface area (Å²) >= 11 is 0. The van der Waals surface area contributed by atoms with Crippen LogP contribution >= 0.6 is 0 Å². The van der Waals surface area contributed by atoms with Crippen LogP contribution in [0.2, 0.25) is 0 Å². The normalized spacial score (nSPS) is 12.8. The van der Waals surface area contributed by atoms with Crippen LogP contribution in [-0.4, -0.2) is 32.1 Å². The fourth-order valence-corrected chi connectivity index (χ4v) is 2.57. The van der Waals surface area contributed by atoms with Crippen molar-refractivity contribution in [1.29, 1.82) is 0 Å². The minimum atomic E-state index is -0.308. The molecular weight excluding hydrogens is 308 g/mol. The van der Waals surface area contributed by atoms with Crippen molar-refractivity contribution < 1.29 is 19.1 Å². The van der Waals surface area contributed by atoms with Gasteiger partial charge in [0.15, 0.2) is 18.1 Å². The van der Waals surface area contributed by atoms with Crippen molar-refractivity contribution in [2.75, 3.05) is 25.6 Å². The molecule has 2 amide bonds. The molecule has 0 unspecified atom stereocenters. The molecular formula is C18H18N2O4. The van der Waals surface area contributed by atoms with E-state index in [2.05, 4.69) is 10.6 Å². The number of amides is 2. The van der Waals surface area contributed by atoms with E-state index in [4.69, 9.17) is 9.47 Å². The molecule has 124 valence electrons. The zero-order valence-electron chi connectivity index (χ0n) is 13.3. The Labute approximate surface area is 139 Å². The highest BCUT2D eigenvalue weighted by atomic mass is 16.5. The zero-order valence-corrected chi connectivity index (χ0v) is 13.3. The lowest BCUT2D eigenvalue weighted by molar-refractivity contribution is -0.118. The van der Waals surface area contributed by atoms with Crippen molar-refractivity contribution in [3.8, 4) is 11.5 Å². The molecule has 6 heteroatoms. The van der Waals surface area contributed by atoms with Crippen molar-refractivity contribution in [2.24, 2.45) is 0 Å². The van der Waals surface area contributed by atoms with Crippen LogP contribution in [0.3, 0.4) is 0 Å². The number of ether oxygens (including phenoxy) is 2. The fourth-order valence-electron chi connectivity index (χ4n) is 2.57. The van der Waals surface area contributed by atoms with E-state index in [1.54, 1.807) is 37.4 Å². The van der Waals surface area contributed by atoms with Gasteiger partial charge in [0.05, 0.1) is 7.11 Å². The van der Waals surface area contributed by atoms with Crippen LogP contribution in [0, 0.1) is 0 Å². The third-order valence-electron chi connectivity index (χ3n) is 3.75. The molecule has 0 saturated heterocycles. The van der Waals surface area contributed by atoms with E-state index in [1.165, 1.54) is 0 Å². The number of fused-ring (bicyclic) bond motifs is 1. The number of hydrogen-bond acceptors (Lipinski definition) is 4. The summed E-state index contributed by atoms with van der Waals surface area (Å²) in [5, 5.41) is 5.52. The maximum Gasteiger partial charge on any atom is 0.262 e. The number of methoxy groups -OCH3 is 1. The van der Waals surface area contributed by atoms with E-state index < -0.39 is 0 Å². The molecule has 2 aromatic rings. The Kier molecular flexibility index (Phi) is 4.65. The van der Waals surface area contributed by atoms with E-state index in [0.717, 1.165) is 12.0 Å². The van der Waals surface area contributed by atoms with E-state index >= 15 is 0 Å². The number of carbonyl (C=O) groups excluding carboxylic acids is 2. The highest BCUT2D eigenvalue weighted by Gasteiger charge is 2.17. The topological polar surface area (TPSA) is 76.7 Å². The minimum absolute atomic E-state index is 0.113. The third-order valence-corrected chi connectivity index (χ3v) is 3.75. The molecule has 2 aromatic carbocycles. The first-order chi connectivity index (χ1) is 11.7. The van der Waals surface area contributed by atoms with Gasteiger partial charge < -0.3 is 20.1 Å². The second-order valence-electron chi connectivity index (χ2n) is 5.37. The molecule has 3 rings (SSSR count). The molecule has 1 heterocycles. The molecule has 1 aliphatic heterocycles. The monoisotopic (exact) mass is 326 g/mol. The van der Waals surface area contributed by atoms with E-state index in [9.17, 15) is 9.59 Å². The maximum absolute atomic E-state index is 12.1. The molecule has 0 spiro atoms. The van der Waals surface area contributed by atoms with Gasteiger partial charge in [-0.2, -0.15) is 0 Å². The summed E-state index contributed by atoms with van der Waals surface area (Å²) in [4.78, 5) is 23.9. The molecule has 1 aliphatic rings. The predicted octanol–water partition coefficient (Wildman–Crippen LogP) is 2.00. The number of rotatable bonds is 5. The van der Waals surface area contributed by atoms with Crippen molar-refractivity contribution in [2.45, 2.75) is 6.42 Å². The average Bonchev–Trinajstić information content (AvgIpc) is 2.61. The first kappa shape index (κ1) is 15.9.